The maximum absolute atomic E-state index is 12.4. The first kappa shape index (κ1) is 23.1. The molecule has 0 unspecified atom stereocenters. The van der Waals surface area contributed by atoms with Crippen LogP contribution in [0.5, 0.6) is 0 Å². The van der Waals surface area contributed by atoms with Gasteiger partial charge in [-0.1, -0.05) is 71.4 Å². The van der Waals surface area contributed by atoms with Gasteiger partial charge in [-0.2, -0.15) is 0 Å². The summed E-state index contributed by atoms with van der Waals surface area (Å²) in [5, 5.41) is 16.5. The fourth-order valence-electron chi connectivity index (χ4n) is 3.45. The number of anilines is 1. The summed E-state index contributed by atoms with van der Waals surface area (Å²) in [5.74, 6) is -0.587. The largest absolute Gasteiger partial charge is 0.478 e. The number of aromatic carboxylic acids is 1. The first-order valence-electron chi connectivity index (χ1n) is 10.5. The molecule has 0 saturated carbocycles. The lowest BCUT2D eigenvalue weighted by atomic mass is 10.0. The molecule has 7 nitrogen and oxygen atoms in total. The van der Waals surface area contributed by atoms with Gasteiger partial charge in [0.05, 0.1) is 12.2 Å². The first-order chi connectivity index (χ1) is 16.4. The van der Waals surface area contributed by atoms with Gasteiger partial charge in [-0.25, -0.2) is 9.59 Å². The molecule has 0 radical (unpaired) electrons. The Morgan fingerprint density at radius 2 is 1.74 bits per heavy atom. The molecule has 4 aromatic rings. The van der Waals surface area contributed by atoms with E-state index in [0.717, 1.165) is 16.7 Å². The summed E-state index contributed by atoms with van der Waals surface area (Å²) < 4.78 is 10.8. The van der Waals surface area contributed by atoms with Gasteiger partial charge in [-0.15, -0.1) is 0 Å². The average Bonchev–Trinajstić information content (AvgIpc) is 3.20. The van der Waals surface area contributed by atoms with E-state index in [4.69, 9.17) is 20.9 Å². The third-order valence-electron chi connectivity index (χ3n) is 5.24. The highest BCUT2D eigenvalue weighted by Crippen LogP contribution is 2.32. The predicted molar refractivity (Wildman–Crippen MR) is 129 cm³/mol. The summed E-state index contributed by atoms with van der Waals surface area (Å²) >= 11 is 6.13. The fourth-order valence-corrected chi connectivity index (χ4v) is 3.68. The number of nitrogens with one attached hydrogen (secondary N) is 1. The van der Waals surface area contributed by atoms with Crippen molar-refractivity contribution >= 4 is 29.4 Å². The summed E-state index contributed by atoms with van der Waals surface area (Å²) in [6.45, 7) is 1.89. The molecular weight excluding hydrogens is 456 g/mol. The molecule has 172 valence electrons. The van der Waals surface area contributed by atoms with E-state index < -0.39 is 12.1 Å². The number of aromatic nitrogens is 1. The van der Waals surface area contributed by atoms with Crippen LogP contribution in [0, 0.1) is 6.92 Å². The third kappa shape index (κ3) is 5.27. The summed E-state index contributed by atoms with van der Waals surface area (Å²) in [5.41, 5.74) is 4.36. The Kier molecular flexibility index (Phi) is 6.94. The number of carbonyl (C=O) groups is 2. The highest BCUT2D eigenvalue weighted by atomic mass is 35.5. The molecule has 8 heteroatoms. The first-order valence-corrected chi connectivity index (χ1v) is 10.9. The van der Waals surface area contributed by atoms with Crippen LogP contribution in [0.25, 0.3) is 22.5 Å². The Hall–Kier alpha value is -4.10. The number of ether oxygens (including phenoxy) is 1. The van der Waals surface area contributed by atoms with E-state index in [1.165, 1.54) is 0 Å². The normalized spacial score (nSPS) is 10.6. The Balaban J connectivity index is 1.45. The summed E-state index contributed by atoms with van der Waals surface area (Å²) in [6, 6.07) is 21.4. The van der Waals surface area contributed by atoms with Crippen LogP contribution in [0.2, 0.25) is 5.02 Å². The van der Waals surface area contributed by atoms with Crippen LogP contribution in [-0.2, 0) is 11.2 Å². The summed E-state index contributed by atoms with van der Waals surface area (Å²) in [4.78, 5) is 23.6. The van der Waals surface area contributed by atoms with Gasteiger partial charge in [0, 0.05) is 17.0 Å². The number of rotatable bonds is 7. The minimum atomic E-state index is -0.981. The molecule has 4 rings (SSSR count). The smallest absolute Gasteiger partial charge is 0.411 e. The minimum absolute atomic E-state index is 0.166. The van der Waals surface area contributed by atoms with E-state index in [1.807, 2.05) is 48.5 Å². The van der Waals surface area contributed by atoms with Gasteiger partial charge in [-0.3, -0.25) is 5.32 Å². The van der Waals surface area contributed by atoms with E-state index >= 15 is 0 Å². The molecule has 2 N–H and O–H groups in total. The van der Waals surface area contributed by atoms with Crippen molar-refractivity contribution < 1.29 is 24.0 Å². The summed E-state index contributed by atoms with van der Waals surface area (Å²) in [7, 11) is 0. The number of hydrogen-bond donors (Lipinski definition) is 2. The van der Waals surface area contributed by atoms with Crippen LogP contribution >= 0.6 is 11.6 Å². The molecule has 0 saturated heterocycles. The number of carbonyl (C=O) groups excluding carboxylic acids is 1. The molecule has 34 heavy (non-hydrogen) atoms. The Morgan fingerprint density at radius 1 is 1.00 bits per heavy atom. The van der Waals surface area contributed by atoms with E-state index in [0.29, 0.717) is 34.1 Å². The van der Waals surface area contributed by atoms with Gasteiger partial charge in [0.15, 0.2) is 5.76 Å². The fraction of sp³-hybridized carbons (Fsp3) is 0.115. The molecule has 0 aliphatic carbocycles. The van der Waals surface area contributed by atoms with Crippen LogP contribution in [0.4, 0.5) is 10.5 Å². The van der Waals surface area contributed by atoms with Gasteiger partial charge in [0.2, 0.25) is 0 Å². The van der Waals surface area contributed by atoms with Crippen molar-refractivity contribution in [3.63, 3.8) is 0 Å². The van der Waals surface area contributed by atoms with Gasteiger partial charge in [0.1, 0.15) is 11.4 Å². The molecule has 1 heterocycles. The zero-order valence-corrected chi connectivity index (χ0v) is 19.0. The zero-order valence-electron chi connectivity index (χ0n) is 18.2. The van der Waals surface area contributed by atoms with E-state index in [-0.39, 0.29) is 12.2 Å². The van der Waals surface area contributed by atoms with Gasteiger partial charge in [-0.05, 0) is 41.8 Å². The number of halogens is 1. The number of amides is 1. The molecule has 3 aromatic carbocycles. The maximum atomic E-state index is 12.4. The molecular formula is C26H21ClN2O5. The molecule has 0 spiro atoms. The Morgan fingerprint density at radius 3 is 2.47 bits per heavy atom. The number of carboxylic acids is 1. The van der Waals surface area contributed by atoms with Gasteiger partial charge < -0.3 is 14.4 Å². The van der Waals surface area contributed by atoms with Crippen molar-refractivity contribution in [1.29, 1.82) is 0 Å². The van der Waals surface area contributed by atoms with Gasteiger partial charge in [0.25, 0.3) is 0 Å². The van der Waals surface area contributed by atoms with Crippen molar-refractivity contribution in [3.8, 4) is 22.5 Å². The number of nitrogens with zero attached hydrogens (tertiary/aromatic N) is 1. The van der Waals surface area contributed by atoms with Crippen LogP contribution < -0.4 is 5.32 Å². The van der Waals surface area contributed by atoms with Crippen molar-refractivity contribution in [2.45, 2.75) is 13.3 Å². The number of carboxylic acid groups (broad SMARTS) is 1. The molecule has 1 amide bonds. The summed E-state index contributed by atoms with van der Waals surface area (Å²) in [6.07, 6.45) is -0.130. The van der Waals surface area contributed by atoms with Crippen LogP contribution in [0.15, 0.2) is 77.3 Å². The molecule has 0 bridgehead atoms. The van der Waals surface area contributed by atoms with Crippen LogP contribution in [-0.4, -0.2) is 28.9 Å². The molecule has 0 aliphatic heterocycles. The van der Waals surface area contributed by atoms with Crippen molar-refractivity contribution in [3.05, 3.63) is 94.6 Å². The number of aryl methyl sites for hydroxylation is 1. The Labute approximate surface area is 200 Å². The lowest BCUT2D eigenvalue weighted by Crippen LogP contribution is -2.16. The minimum Gasteiger partial charge on any atom is -0.478 e. The second-order valence-corrected chi connectivity index (χ2v) is 7.94. The van der Waals surface area contributed by atoms with Crippen molar-refractivity contribution in [2.24, 2.45) is 0 Å². The quantitative estimate of drug-likeness (QED) is 0.317. The van der Waals surface area contributed by atoms with Crippen LogP contribution in [0.1, 0.15) is 21.6 Å². The monoisotopic (exact) mass is 476 g/mol. The van der Waals surface area contributed by atoms with Gasteiger partial charge >= 0.3 is 12.1 Å². The van der Waals surface area contributed by atoms with E-state index in [1.54, 1.807) is 31.2 Å². The lowest BCUT2D eigenvalue weighted by Gasteiger charge is -2.09. The molecule has 0 fully saturated rings. The van der Waals surface area contributed by atoms with Crippen LogP contribution in [0.3, 0.4) is 0 Å². The molecule has 1 aromatic heterocycles. The van der Waals surface area contributed by atoms with Crippen molar-refractivity contribution in [2.75, 3.05) is 11.9 Å². The standard InChI is InChI=1S/C26H21ClN2O5/c1-16-23(28-26(32)33-14-13-18-5-2-3-8-22(18)27)24(34-29-16)19-11-9-17(10-12-19)20-6-4-7-21(15-20)25(30)31/h2-12,15H,13-14H2,1H3,(H,28,32)(H,30,31). The topological polar surface area (TPSA) is 102 Å². The highest BCUT2D eigenvalue weighted by molar-refractivity contribution is 6.31. The maximum Gasteiger partial charge on any atom is 0.411 e. The highest BCUT2D eigenvalue weighted by Gasteiger charge is 2.18. The number of hydrogen-bond acceptors (Lipinski definition) is 5. The molecule has 0 atom stereocenters. The predicted octanol–water partition coefficient (Wildman–Crippen LogP) is 6.46. The average molecular weight is 477 g/mol. The second kappa shape index (κ2) is 10.2. The Bertz CT molecular complexity index is 1330. The zero-order chi connectivity index (χ0) is 24.1. The lowest BCUT2D eigenvalue weighted by molar-refractivity contribution is 0.0697. The van der Waals surface area contributed by atoms with Crippen molar-refractivity contribution in [1.82, 2.24) is 5.16 Å². The van der Waals surface area contributed by atoms with E-state index in [9.17, 15) is 14.7 Å². The second-order valence-electron chi connectivity index (χ2n) is 7.54. The van der Waals surface area contributed by atoms with E-state index in [2.05, 4.69) is 10.5 Å². The third-order valence-corrected chi connectivity index (χ3v) is 5.61. The molecule has 0 aliphatic rings. The SMILES string of the molecule is Cc1noc(-c2ccc(-c3cccc(C(=O)O)c3)cc2)c1NC(=O)OCCc1ccccc1Cl. The number of benzene rings is 3.